The summed E-state index contributed by atoms with van der Waals surface area (Å²) in [5, 5.41) is 9.60. The Labute approximate surface area is 150 Å². The summed E-state index contributed by atoms with van der Waals surface area (Å²) in [5.41, 5.74) is 2.70. The molecule has 1 heterocycles. The molecule has 2 N–H and O–H groups in total. The monoisotopic (exact) mass is 373 g/mol. The number of hydrogen-bond donors (Lipinski definition) is 2. The van der Waals surface area contributed by atoms with E-state index in [2.05, 4.69) is 4.98 Å². The van der Waals surface area contributed by atoms with Gasteiger partial charge < -0.3 is 10.1 Å². The first-order chi connectivity index (χ1) is 12.2. The number of aromatic carboxylic acids is 1. The van der Waals surface area contributed by atoms with Crippen molar-refractivity contribution in [1.82, 2.24) is 4.98 Å². The van der Waals surface area contributed by atoms with E-state index in [0.717, 1.165) is 6.26 Å². The molecule has 3 rings (SSSR count). The van der Waals surface area contributed by atoms with Crippen molar-refractivity contribution in [3.8, 4) is 22.4 Å². The lowest BCUT2D eigenvalue weighted by Crippen LogP contribution is -1.99. The van der Waals surface area contributed by atoms with Crippen LogP contribution in [0.2, 0.25) is 0 Å². The van der Waals surface area contributed by atoms with Crippen molar-refractivity contribution in [3.05, 3.63) is 65.6 Å². The molecule has 1 aromatic heterocycles. The second-order valence-corrected chi connectivity index (χ2v) is 8.00. The Morgan fingerprint density at radius 3 is 2.04 bits per heavy atom. The van der Waals surface area contributed by atoms with Gasteiger partial charge in [0.15, 0.2) is 9.84 Å². The van der Waals surface area contributed by atoms with Crippen LogP contribution in [-0.2, 0) is 9.84 Å². The number of aromatic amines is 1. The highest BCUT2D eigenvalue weighted by Gasteiger charge is 2.23. The van der Waals surface area contributed by atoms with E-state index in [4.69, 9.17) is 0 Å². The largest absolute Gasteiger partial charge is 0.478 e. The summed E-state index contributed by atoms with van der Waals surface area (Å²) in [6, 6.07) is 11.7. The maximum Gasteiger partial charge on any atom is 0.338 e. The van der Waals surface area contributed by atoms with Crippen molar-refractivity contribution in [2.75, 3.05) is 6.26 Å². The van der Waals surface area contributed by atoms with E-state index in [0.29, 0.717) is 28.1 Å². The van der Waals surface area contributed by atoms with E-state index in [-0.39, 0.29) is 10.5 Å². The first-order valence-corrected chi connectivity index (χ1v) is 9.60. The van der Waals surface area contributed by atoms with Crippen molar-refractivity contribution < 1.29 is 22.7 Å². The van der Waals surface area contributed by atoms with Gasteiger partial charge in [0.05, 0.1) is 16.2 Å². The van der Waals surface area contributed by atoms with Crippen LogP contribution in [0.3, 0.4) is 0 Å². The summed E-state index contributed by atoms with van der Waals surface area (Å²) in [6.07, 6.45) is 1.12. The van der Waals surface area contributed by atoms with Gasteiger partial charge in [-0.1, -0.05) is 24.3 Å². The van der Waals surface area contributed by atoms with Gasteiger partial charge >= 0.3 is 5.97 Å². The Bertz CT molecular complexity index is 1080. The molecule has 0 aliphatic rings. The number of sulfone groups is 1. The van der Waals surface area contributed by atoms with Gasteiger partial charge in [0.25, 0.3) is 0 Å². The number of benzene rings is 2. The number of carbonyl (C=O) groups is 1. The van der Waals surface area contributed by atoms with Crippen LogP contribution in [0.15, 0.2) is 53.4 Å². The van der Waals surface area contributed by atoms with Gasteiger partial charge in [-0.05, 0) is 42.3 Å². The highest BCUT2D eigenvalue weighted by atomic mass is 32.2. The average molecular weight is 373 g/mol. The Hall–Kier alpha value is -2.93. The molecule has 26 heavy (non-hydrogen) atoms. The van der Waals surface area contributed by atoms with Crippen LogP contribution in [0.5, 0.6) is 0 Å². The molecule has 0 atom stereocenters. The van der Waals surface area contributed by atoms with E-state index in [1.165, 1.54) is 36.4 Å². The molecule has 0 unspecified atom stereocenters. The molecular formula is C19H16FNO4S. The van der Waals surface area contributed by atoms with Crippen molar-refractivity contribution in [2.24, 2.45) is 0 Å². The molecule has 0 saturated carbocycles. The minimum atomic E-state index is -3.33. The van der Waals surface area contributed by atoms with Crippen LogP contribution in [0.1, 0.15) is 16.1 Å². The van der Waals surface area contributed by atoms with Crippen molar-refractivity contribution >= 4 is 15.8 Å². The molecule has 7 heteroatoms. The maximum atomic E-state index is 13.3. The number of rotatable bonds is 4. The van der Waals surface area contributed by atoms with E-state index < -0.39 is 21.6 Å². The third-order valence-corrected chi connectivity index (χ3v) is 5.23. The number of aryl methyl sites for hydroxylation is 1. The van der Waals surface area contributed by atoms with Crippen molar-refractivity contribution in [1.29, 1.82) is 0 Å². The zero-order chi connectivity index (χ0) is 19.1. The average Bonchev–Trinajstić information content (AvgIpc) is 2.92. The van der Waals surface area contributed by atoms with E-state index in [1.54, 1.807) is 19.1 Å². The zero-order valence-electron chi connectivity index (χ0n) is 14.1. The predicted molar refractivity (Wildman–Crippen MR) is 96.4 cm³/mol. The Morgan fingerprint density at radius 2 is 1.54 bits per heavy atom. The number of carboxylic acid groups (broad SMARTS) is 1. The second-order valence-electron chi connectivity index (χ2n) is 5.98. The van der Waals surface area contributed by atoms with Crippen LogP contribution in [0.25, 0.3) is 22.4 Å². The molecule has 0 radical (unpaired) electrons. The first kappa shape index (κ1) is 17.9. The smallest absolute Gasteiger partial charge is 0.338 e. The summed E-state index contributed by atoms with van der Waals surface area (Å²) >= 11 is 0. The van der Waals surface area contributed by atoms with Crippen molar-refractivity contribution in [2.45, 2.75) is 11.8 Å². The van der Waals surface area contributed by atoms with Crippen LogP contribution in [0.4, 0.5) is 4.39 Å². The number of hydrogen-bond acceptors (Lipinski definition) is 3. The lowest BCUT2D eigenvalue weighted by Gasteiger charge is -2.08. The second kappa shape index (κ2) is 6.42. The summed E-state index contributed by atoms with van der Waals surface area (Å²) in [4.78, 5) is 15.0. The fourth-order valence-corrected chi connectivity index (χ4v) is 3.51. The van der Waals surface area contributed by atoms with Gasteiger partial charge in [-0.3, -0.25) is 0 Å². The number of aromatic nitrogens is 1. The van der Waals surface area contributed by atoms with E-state index in [9.17, 15) is 22.7 Å². The van der Waals surface area contributed by atoms with Crippen LogP contribution in [-0.4, -0.2) is 30.7 Å². The fraction of sp³-hybridized carbons (Fsp3) is 0.105. The van der Waals surface area contributed by atoms with Crippen molar-refractivity contribution in [3.63, 3.8) is 0 Å². The van der Waals surface area contributed by atoms with Gasteiger partial charge in [0, 0.05) is 17.5 Å². The molecular weight excluding hydrogens is 357 g/mol. The molecule has 0 spiro atoms. The van der Waals surface area contributed by atoms with Gasteiger partial charge in [-0.15, -0.1) is 0 Å². The quantitative estimate of drug-likeness (QED) is 0.726. The van der Waals surface area contributed by atoms with Crippen LogP contribution < -0.4 is 0 Å². The molecule has 5 nitrogen and oxygen atoms in total. The molecule has 3 aromatic rings. The Balaban J connectivity index is 2.23. The molecule has 0 fully saturated rings. The van der Waals surface area contributed by atoms with Gasteiger partial charge in [-0.2, -0.15) is 0 Å². The van der Waals surface area contributed by atoms with Crippen LogP contribution in [0, 0.1) is 12.7 Å². The standard InChI is InChI=1S/C19H16FNO4S/c1-11-16(19(22)23)17(12-3-7-14(20)8-4-12)18(21-11)13-5-9-15(10-6-13)26(2,24)25/h3-10,21H,1-2H3,(H,22,23). The SMILES string of the molecule is Cc1[nH]c(-c2ccc(S(C)(=O)=O)cc2)c(-c2ccc(F)cc2)c1C(=O)O. The Morgan fingerprint density at radius 1 is 1.00 bits per heavy atom. The summed E-state index contributed by atoms with van der Waals surface area (Å²) in [6.45, 7) is 1.64. The number of nitrogens with one attached hydrogen (secondary N) is 1. The van der Waals surface area contributed by atoms with E-state index >= 15 is 0 Å². The topological polar surface area (TPSA) is 87.2 Å². The molecule has 0 saturated heterocycles. The fourth-order valence-electron chi connectivity index (χ4n) is 2.88. The molecule has 134 valence electrons. The highest BCUT2D eigenvalue weighted by molar-refractivity contribution is 7.90. The minimum Gasteiger partial charge on any atom is -0.478 e. The zero-order valence-corrected chi connectivity index (χ0v) is 14.9. The molecule has 0 amide bonds. The normalized spacial score (nSPS) is 11.5. The van der Waals surface area contributed by atoms with E-state index in [1.807, 2.05) is 0 Å². The predicted octanol–water partition coefficient (Wildman–Crippen LogP) is 3.90. The number of carboxylic acids is 1. The van der Waals surface area contributed by atoms with Gasteiger partial charge in [0.1, 0.15) is 5.82 Å². The first-order valence-electron chi connectivity index (χ1n) is 7.71. The number of halogens is 1. The lowest BCUT2D eigenvalue weighted by molar-refractivity contribution is 0.0697. The summed E-state index contributed by atoms with van der Waals surface area (Å²) < 4.78 is 36.5. The third-order valence-electron chi connectivity index (χ3n) is 4.11. The third kappa shape index (κ3) is 3.25. The van der Waals surface area contributed by atoms with Gasteiger partial charge in [-0.25, -0.2) is 17.6 Å². The minimum absolute atomic E-state index is 0.0961. The molecule has 0 bridgehead atoms. The molecule has 2 aromatic carbocycles. The maximum absolute atomic E-state index is 13.3. The van der Waals surface area contributed by atoms with Gasteiger partial charge in [0.2, 0.25) is 0 Å². The summed E-state index contributed by atoms with van der Waals surface area (Å²) in [7, 11) is -3.33. The lowest BCUT2D eigenvalue weighted by atomic mass is 9.97. The number of H-pyrrole nitrogens is 1. The molecule has 0 aliphatic carbocycles. The highest BCUT2D eigenvalue weighted by Crippen LogP contribution is 2.37. The summed E-state index contributed by atoms with van der Waals surface area (Å²) in [5.74, 6) is -1.52. The van der Waals surface area contributed by atoms with Crippen LogP contribution >= 0.6 is 0 Å². The Kier molecular flexibility index (Phi) is 4.41. The molecule has 0 aliphatic heterocycles.